The van der Waals surface area contributed by atoms with Gasteiger partial charge in [0.15, 0.2) is 0 Å². The van der Waals surface area contributed by atoms with Crippen molar-refractivity contribution in [3.8, 4) is 0 Å². The Kier molecular flexibility index (Phi) is 3.38. The fourth-order valence-corrected chi connectivity index (χ4v) is 8.30. The van der Waals surface area contributed by atoms with E-state index in [9.17, 15) is 0 Å². The van der Waals surface area contributed by atoms with Crippen LogP contribution < -0.4 is 0 Å². The van der Waals surface area contributed by atoms with E-state index in [4.69, 9.17) is 0 Å². The Morgan fingerprint density at radius 2 is 0.857 bits per heavy atom. The number of hydrogen-bond acceptors (Lipinski definition) is 0. The molecule has 0 spiro atoms. The van der Waals surface area contributed by atoms with Crippen LogP contribution in [0.3, 0.4) is 0 Å². The summed E-state index contributed by atoms with van der Waals surface area (Å²) in [4.78, 5) is 0. The molecule has 5 saturated carbocycles. The van der Waals surface area contributed by atoms with Gasteiger partial charge in [-0.15, -0.1) is 0 Å². The lowest BCUT2D eigenvalue weighted by molar-refractivity contribution is -0.0252. The van der Waals surface area contributed by atoms with Crippen molar-refractivity contribution in [3.05, 3.63) is 0 Å². The summed E-state index contributed by atoms with van der Waals surface area (Å²) in [5.41, 5.74) is 0. The van der Waals surface area contributed by atoms with Crippen LogP contribution in [0.1, 0.15) is 83.5 Å². The van der Waals surface area contributed by atoms with Crippen LogP contribution in [-0.4, -0.2) is 0 Å². The van der Waals surface area contributed by atoms with E-state index in [2.05, 4.69) is 0 Å². The number of fused-ring (bicyclic) bond motifs is 7. The summed E-state index contributed by atoms with van der Waals surface area (Å²) in [5, 5.41) is 0. The molecule has 0 aromatic carbocycles. The highest BCUT2D eigenvalue weighted by molar-refractivity contribution is 5.03. The van der Waals surface area contributed by atoms with Crippen molar-refractivity contribution < 1.29 is 0 Å². The molecule has 5 aliphatic carbocycles. The van der Waals surface area contributed by atoms with E-state index >= 15 is 0 Å². The molecule has 0 radical (unpaired) electrons. The molecule has 0 aliphatic heterocycles. The third-order valence-electron chi connectivity index (χ3n) is 8.96. The highest BCUT2D eigenvalue weighted by atomic mass is 14.6. The second-order valence-electron chi connectivity index (χ2n) is 9.46. The summed E-state index contributed by atoms with van der Waals surface area (Å²) in [6, 6.07) is 0. The molecule has 21 heavy (non-hydrogen) atoms. The lowest BCUT2D eigenvalue weighted by Gasteiger charge is -2.52. The summed E-state index contributed by atoms with van der Waals surface area (Å²) >= 11 is 0. The van der Waals surface area contributed by atoms with Gasteiger partial charge in [-0.3, -0.25) is 0 Å². The maximum absolute atomic E-state index is 1.66. The maximum Gasteiger partial charge on any atom is -0.0349 e. The predicted octanol–water partition coefficient (Wildman–Crippen LogP) is 6.06. The quantitative estimate of drug-likeness (QED) is 0.508. The van der Waals surface area contributed by atoms with Gasteiger partial charge >= 0.3 is 0 Å². The van der Waals surface area contributed by atoms with E-state index in [0.29, 0.717) is 0 Å². The summed E-state index contributed by atoms with van der Waals surface area (Å²) in [5.74, 6) is 9.36. The van der Waals surface area contributed by atoms with E-state index in [0.717, 1.165) is 11.8 Å². The topological polar surface area (TPSA) is 0 Å². The Morgan fingerprint density at radius 3 is 1.67 bits per heavy atom. The minimum absolute atomic E-state index is 1.15. The van der Waals surface area contributed by atoms with Crippen molar-refractivity contribution in [2.24, 2.45) is 47.3 Å². The lowest BCUT2D eigenvalue weighted by atomic mass is 9.53. The highest BCUT2D eigenvalue weighted by Gasteiger charge is 2.53. The second-order valence-corrected chi connectivity index (χ2v) is 9.46. The van der Waals surface area contributed by atoms with Crippen LogP contribution >= 0.6 is 0 Å². The van der Waals surface area contributed by atoms with Gasteiger partial charge in [-0.05, 0) is 92.3 Å². The molecule has 0 heterocycles. The van der Waals surface area contributed by atoms with E-state index < -0.39 is 0 Å². The van der Waals surface area contributed by atoms with E-state index in [1.165, 1.54) is 35.5 Å². The van der Waals surface area contributed by atoms with Gasteiger partial charge in [-0.1, -0.05) is 38.5 Å². The minimum atomic E-state index is 1.15. The van der Waals surface area contributed by atoms with Crippen molar-refractivity contribution in [1.29, 1.82) is 0 Å². The predicted molar refractivity (Wildman–Crippen MR) is 87.9 cm³/mol. The van der Waals surface area contributed by atoms with Gasteiger partial charge in [0.25, 0.3) is 0 Å². The van der Waals surface area contributed by atoms with E-state index in [1.54, 1.807) is 83.5 Å². The second kappa shape index (κ2) is 5.27. The first-order valence-corrected chi connectivity index (χ1v) is 10.4. The van der Waals surface area contributed by atoms with Gasteiger partial charge in [-0.25, -0.2) is 0 Å². The summed E-state index contributed by atoms with van der Waals surface area (Å²) in [6.45, 7) is 0. The zero-order valence-electron chi connectivity index (χ0n) is 13.8. The summed E-state index contributed by atoms with van der Waals surface area (Å²) in [6.07, 6.45) is 20.8. The molecular weight excluding hydrogens is 252 g/mol. The fraction of sp³-hybridized carbons (Fsp3) is 1.00. The normalized spacial score (nSPS) is 56.0. The third kappa shape index (κ3) is 2.07. The fourth-order valence-electron chi connectivity index (χ4n) is 8.30. The molecular formula is C21H34. The maximum atomic E-state index is 1.66. The minimum Gasteiger partial charge on any atom is -0.0530 e. The van der Waals surface area contributed by atoms with Gasteiger partial charge in [0.05, 0.1) is 0 Å². The molecule has 0 nitrogen and oxygen atoms in total. The zero-order valence-corrected chi connectivity index (χ0v) is 13.8. The molecule has 8 atom stereocenters. The molecule has 5 fully saturated rings. The first kappa shape index (κ1) is 13.4. The summed E-state index contributed by atoms with van der Waals surface area (Å²) < 4.78 is 0. The van der Waals surface area contributed by atoms with E-state index in [-0.39, 0.29) is 0 Å². The molecule has 0 aromatic rings. The largest absolute Gasteiger partial charge is 0.0530 e. The van der Waals surface area contributed by atoms with Gasteiger partial charge in [0.1, 0.15) is 0 Å². The Morgan fingerprint density at radius 1 is 0.333 bits per heavy atom. The monoisotopic (exact) mass is 286 g/mol. The number of hydrogen-bond donors (Lipinski definition) is 0. The van der Waals surface area contributed by atoms with Crippen molar-refractivity contribution in [3.63, 3.8) is 0 Å². The molecule has 118 valence electrons. The number of rotatable bonds is 0. The Bertz CT molecular complexity index is 385. The molecule has 0 amide bonds. The highest BCUT2D eigenvalue weighted by Crippen LogP contribution is 2.62. The summed E-state index contributed by atoms with van der Waals surface area (Å²) in [7, 11) is 0. The molecule has 0 aromatic heterocycles. The van der Waals surface area contributed by atoms with Gasteiger partial charge in [0, 0.05) is 0 Å². The van der Waals surface area contributed by atoms with Crippen molar-refractivity contribution in [2.75, 3.05) is 0 Å². The molecule has 0 saturated heterocycles. The van der Waals surface area contributed by atoms with Gasteiger partial charge in [0.2, 0.25) is 0 Å². The average Bonchev–Trinajstić information content (AvgIpc) is 2.93. The van der Waals surface area contributed by atoms with Crippen LogP contribution in [0, 0.1) is 47.3 Å². The Balaban J connectivity index is 1.38. The van der Waals surface area contributed by atoms with Crippen LogP contribution in [0.4, 0.5) is 0 Å². The third-order valence-corrected chi connectivity index (χ3v) is 8.96. The Hall–Kier alpha value is 0. The van der Waals surface area contributed by atoms with Crippen molar-refractivity contribution in [2.45, 2.75) is 83.5 Å². The average molecular weight is 287 g/mol. The van der Waals surface area contributed by atoms with Crippen LogP contribution in [-0.2, 0) is 0 Å². The first-order valence-electron chi connectivity index (χ1n) is 10.4. The molecule has 0 bridgehead atoms. The Labute approximate surface area is 131 Å². The van der Waals surface area contributed by atoms with Crippen LogP contribution in [0.5, 0.6) is 0 Å². The molecule has 5 aliphatic rings. The molecule has 0 N–H and O–H groups in total. The standard InChI is InChI=1S/C21H34/c1-3-7-16-14(5-1)9-10-20-18(16)11-12-19-17-8-4-2-6-15(17)13-21(19)20/h14-21H,1-13H2. The van der Waals surface area contributed by atoms with Crippen LogP contribution in [0.25, 0.3) is 0 Å². The molecule has 5 rings (SSSR count). The SMILES string of the molecule is C1CCC2C(C1)CCC1C2CCC2C3CCCCC3CC21. The molecule has 8 unspecified atom stereocenters. The molecule has 0 heteroatoms. The van der Waals surface area contributed by atoms with E-state index in [1.807, 2.05) is 0 Å². The zero-order chi connectivity index (χ0) is 13.8. The van der Waals surface area contributed by atoms with Gasteiger partial charge < -0.3 is 0 Å². The van der Waals surface area contributed by atoms with Crippen LogP contribution in [0.2, 0.25) is 0 Å². The smallest absolute Gasteiger partial charge is 0.0349 e. The van der Waals surface area contributed by atoms with Crippen LogP contribution in [0.15, 0.2) is 0 Å². The van der Waals surface area contributed by atoms with Crippen molar-refractivity contribution in [1.82, 2.24) is 0 Å². The lowest BCUT2D eigenvalue weighted by Crippen LogP contribution is -2.44. The van der Waals surface area contributed by atoms with Crippen molar-refractivity contribution >= 4 is 0 Å². The first-order chi connectivity index (χ1) is 10.4. The van der Waals surface area contributed by atoms with Gasteiger partial charge in [-0.2, -0.15) is 0 Å².